The molecule has 5 nitrogen and oxygen atoms in total. The van der Waals surface area contributed by atoms with Crippen LogP contribution >= 0.6 is 0 Å². The number of pyridine rings is 1. The molecule has 0 aliphatic heterocycles. The van der Waals surface area contributed by atoms with Gasteiger partial charge in [-0.3, -0.25) is 4.98 Å². The fourth-order valence-electron chi connectivity index (χ4n) is 8.28. The molecule has 11 rings (SSSR count). The van der Waals surface area contributed by atoms with Crippen LogP contribution in [0.3, 0.4) is 0 Å². The van der Waals surface area contributed by atoms with Crippen molar-refractivity contribution in [2.45, 2.75) is 0 Å². The van der Waals surface area contributed by atoms with E-state index in [1.165, 1.54) is 21.8 Å². The third kappa shape index (κ3) is 5.64. The van der Waals surface area contributed by atoms with Gasteiger partial charge < -0.3 is 4.57 Å². The van der Waals surface area contributed by atoms with Crippen molar-refractivity contribution in [1.29, 1.82) is 0 Å². The van der Waals surface area contributed by atoms with E-state index in [4.69, 9.17) is 15.0 Å². The van der Waals surface area contributed by atoms with Crippen LogP contribution in [-0.4, -0.2) is 19.5 Å². The lowest BCUT2D eigenvalue weighted by molar-refractivity contribution is -0.359. The van der Waals surface area contributed by atoms with Crippen molar-refractivity contribution in [2.75, 3.05) is 0 Å². The van der Waals surface area contributed by atoms with Crippen molar-refractivity contribution >= 4 is 43.5 Å². The lowest BCUT2D eigenvalue weighted by atomic mass is 9.91. The molecule has 8 aromatic carbocycles. The van der Waals surface area contributed by atoms with Gasteiger partial charge in [-0.05, 0) is 88.1 Å². The number of hydrogen-bond donors (Lipinski definition) is 0. The van der Waals surface area contributed by atoms with Crippen LogP contribution in [0.5, 0.6) is 0 Å². The van der Waals surface area contributed by atoms with Crippen LogP contribution in [0.25, 0.3) is 106 Å². The summed E-state index contributed by atoms with van der Waals surface area (Å²) in [5.74, 6) is 2.18. The maximum absolute atomic E-state index is 5.15. The van der Waals surface area contributed by atoms with Gasteiger partial charge in [0.1, 0.15) is 0 Å². The number of benzene rings is 8. The Kier molecular flexibility index (Phi) is 7.74. The molecule has 0 atom stereocenters. The van der Waals surface area contributed by atoms with Crippen LogP contribution in [0.2, 0.25) is 0 Å². The molecule has 5 heteroatoms. The van der Waals surface area contributed by atoms with E-state index >= 15 is 0 Å². The summed E-state index contributed by atoms with van der Waals surface area (Å²) in [6, 6.07) is 68.3. The molecule has 0 unspecified atom stereocenters. The second-order valence-electron chi connectivity index (χ2n) is 14.3. The Morgan fingerprint density at radius 3 is 1.70 bits per heavy atom. The number of nitrogens with zero attached hydrogens (tertiary/aromatic N) is 4. The molecule has 0 bridgehead atoms. The summed E-state index contributed by atoms with van der Waals surface area (Å²) >= 11 is 0. The van der Waals surface area contributed by atoms with E-state index in [0.717, 1.165) is 78.0 Å². The molecule has 0 fully saturated rings. The largest absolute Gasteiger partial charge is 0.309 e. The van der Waals surface area contributed by atoms with Crippen molar-refractivity contribution < 1.29 is 4.98 Å². The summed E-state index contributed by atoms with van der Waals surface area (Å²) in [6.07, 6.45) is 1.88. The number of nitrogens with one attached hydrogen (secondary N) is 1. The molecule has 0 saturated carbocycles. The smallest absolute Gasteiger partial charge is 0.309 e. The average Bonchev–Trinajstić information content (AvgIpc) is 3.63. The van der Waals surface area contributed by atoms with Crippen LogP contribution in [0, 0.1) is 0 Å². The Morgan fingerprint density at radius 2 is 0.965 bits per heavy atom. The summed E-state index contributed by atoms with van der Waals surface area (Å²) in [7, 11) is 0. The molecule has 3 heterocycles. The Morgan fingerprint density at radius 1 is 0.386 bits per heavy atom. The third-order valence-electron chi connectivity index (χ3n) is 11.0. The maximum atomic E-state index is 5.15. The zero-order valence-corrected chi connectivity index (χ0v) is 30.8. The summed E-state index contributed by atoms with van der Waals surface area (Å²) in [5, 5.41) is 5.87. The first-order valence-electron chi connectivity index (χ1n) is 19.2. The minimum atomic E-state index is 0.674. The van der Waals surface area contributed by atoms with E-state index in [-0.39, 0.29) is 0 Å². The van der Waals surface area contributed by atoms with Gasteiger partial charge in [0.05, 0.1) is 33.2 Å². The van der Waals surface area contributed by atoms with Gasteiger partial charge in [0, 0.05) is 33.6 Å². The van der Waals surface area contributed by atoms with Gasteiger partial charge in [0.2, 0.25) is 0 Å². The van der Waals surface area contributed by atoms with Gasteiger partial charge in [-0.1, -0.05) is 143 Å². The monoisotopic (exact) mass is 728 g/mol. The quantitative estimate of drug-likeness (QED) is 0.171. The molecule has 57 heavy (non-hydrogen) atoms. The topological polar surface area (TPSA) is 57.7 Å². The second-order valence-corrected chi connectivity index (χ2v) is 14.3. The highest BCUT2D eigenvalue weighted by Crippen LogP contribution is 2.39. The lowest BCUT2D eigenvalue weighted by Gasteiger charge is -2.15. The van der Waals surface area contributed by atoms with Crippen LogP contribution in [0.4, 0.5) is 0 Å². The molecule has 11 aromatic rings. The number of rotatable bonds is 6. The number of H-pyrrole nitrogens is 1. The van der Waals surface area contributed by atoms with Gasteiger partial charge in [0.25, 0.3) is 11.6 Å². The Bertz CT molecular complexity index is 3220. The molecular formula is C52H34N5+. The van der Waals surface area contributed by atoms with Gasteiger partial charge >= 0.3 is 5.82 Å². The molecule has 266 valence electrons. The molecule has 0 aliphatic rings. The fraction of sp³-hybridized carbons (Fsp3) is 0. The third-order valence-corrected chi connectivity index (χ3v) is 11.0. The van der Waals surface area contributed by atoms with Crippen molar-refractivity contribution in [3.8, 4) is 62.1 Å². The molecule has 0 saturated heterocycles. The van der Waals surface area contributed by atoms with Crippen molar-refractivity contribution in [3.05, 3.63) is 200 Å². The molecule has 0 radical (unpaired) electrons. The predicted molar refractivity (Wildman–Crippen MR) is 233 cm³/mol. The average molecular weight is 729 g/mol. The molecule has 1 N–H and O–H groups in total. The zero-order valence-electron chi connectivity index (χ0n) is 30.8. The number of fused-ring (bicyclic) bond motifs is 5. The van der Waals surface area contributed by atoms with Crippen molar-refractivity contribution in [2.24, 2.45) is 0 Å². The molecule has 0 aliphatic carbocycles. The highest BCUT2D eigenvalue weighted by Gasteiger charge is 2.22. The van der Waals surface area contributed by atoms with Gasteiger partial charge in [-0.2, -0.15) is 0 Å². The maximum Gasteiger partial charge on any atom is 0.309 e. The van der Waals surface area contributed by atoms with E-state index in [9.17, 15) is 0 Å². The molecule has 0 spiro atoms. The van der Waals surface area contributed by atoms with Gasteiger partial charge in [0.15, 0.2) is 0 Å². The number of para-hydroxylation sites is 2. The summed E-state index contributed by atoms with van der Waals surface area (Å²) in [5.41, 5.74) is 11.9. The molecular weight excluding hydrogens is 695 g/mol. The van der Waals surface area contributed by atoms with E-state index in [1.54, 1.807) is 0 Å². The number of aromatic nitrogens is 5. The first-order valence-corrected chi connectivity index (χ1v) is 19.2. The highest BCUT2D eigenvalue weighted by molar-refractivity contribution is 6.09. The molecule has 3 aromatic heterocycles. The van der Waals surface area contributed by atoms with Crippen molar-refractivity contribution in [3.63, 3.8) is 0 Å². The summed E-state index contributed by atoms with van der Waals surface area (Å²) in [4.78, 5) is 18.7. The van der Waals surface area contributed by atoms with Crippen LogP contribution < -0.4 is 4.98 Å². The summed E-state index contributed by atoms with van der Waals surface area (Å²) < 4.78 is 2.36. The van der Waals surface area contributed by atoms with E-state index in [0.29, 0.717) is 5.82 Å². The lowest BCUT2D eigenvalue weighted by Crippen LogP contribution is -2.17. The minimum Gasteiger partial charge on any atom is -0.309 e. The Labute approximate surface area is 329 Å². The van der Waals surface area contributed by atoms with E-state index in [1.807, 2.05) is 30.5 Å². The predicted octanol–water partition coefficient (Wildman–Crippen LogP) is 12.4. The van der Waals surface area contributed by atoms with Crippen LogP contribution in [-0.2, 0) is 0 Å². The van der Waals surface area contributed by atoms with E-state index in [2.05, 4.69) is 179 Å². The first kappa shape index (κ1) is 32.7. The normalized spacial score (nSPS) is 11.5. The fourth-order valence-corrected chi connectivity index (χ4v) is 8.28. The first-order chi connectivity index (χ1) is 28.3. The number of aromatic amines is 1. The van der Waals surface area contributed by atoms with Crippen LogP contribution in [0.1, 0.15) is 0 Å². The Balaban J connectivity index is 1.02. The summed E-state index contributed by atoms with van der Waals surface area (Å²) in [6.45, 7) is 0. The van der Waals surface area contributed by atoms with Crippen molar-refractivity contribution in [1.82, 2.24) is 19.5 Å². The second kappa shape index (κ2) is 13.5. The molecule has 0 amide bonds. The van der Waals surface area contributed by atoms with Gasteiger partial charge in [-0.25, -0.2) is 4.98 Å². The van der Waals surface area contributed by atoms with Gasteiger partial charge in [-0.15, -0.1) is 0 Å². The van der Waals surface area contributed by atoms with Crippen LogP contribution in [0.15, 0.2) is 200 Å². The number of hydrogen-bond acceptors (Lipinski definition) is 3. The standard InChI is InChI=1S/C52H33N5/c1-2-13-38(14-3-1)50-54-51(56-52(55-50)45-20-10-15-34-12-4-5-17-41(34)45)39-25-23-36(24-26-39)48-42(32-29-37-16-11-33-53-49(37)48)35-27-30-40(31-28-35)57-46-21-8-6-18-43(46)44-19-7-9-22-47(44)57/h1-33H/p+1. The SMILES string of the molecule is c1ccc(-c2nc(-c3cccc4ccccc34)nc(-c3ccc(-c4c(-c5ccc(-n6c7ccccc7c7ccccc76)cc5)ccc5cccnc45)cc3)[nH+]2)cc1. The Hall–Kier alpha value is -7.76. The minimum absolute atomic E-state index is 0.674. The zero-order chi connectivity index (χ0) is 37.7. The van der Waals surface area contributed by atoms with E-state index < -0.39 is 0 Å². The highest BCUT2D eigenvalue weighted by atomic mass is 15.0.